The molecule has 0 aromatic heterocycles. The van der Waals surface area contributed by atoms with Gasteiger partial charge < -0.3 is 33.8 Å². The molecule has 5 atom stereocenters. The molecule has 112 heavy (non-hydrogen) atoms. The van der Waals surface area contributed by atoms with E-state index in [9.17, 15) is 43.2 Å². The van der Waals surface area contributed by atoms with Crippen molar-refractivity contribution in [3.63, 3.8) is 0 Å². The summed E-state index contributed by atoms with van der Waals surface area (Å²) in [5.74, 6) is -2.39. The minimum absolute atomic E-state index is 0.0233. The van der Waals surface area contributed by atoms with Crippen molar-refractivity contribution in [1.82, 2.24) is 0 Å². The first-order valence-corrected chi connectivity index (χ1v) is 45.0. The number of rotatable bonds is 76. The second-order valence-electron chi connectivity index (χ2n) is 26.9. The molecule has 17 nitrogen and oxygen atoms in total. The predicted octanol–water partition coefficient (Wildman–Crippen LogP) is 25.2. The molecule has 0 aromatic rings. The number of carbonyl (C=O) groups excluding carboxylic acids is 4. The summed E-state index contributed by atoms with van der Waals surface area (Å²) in [6, 6.07) is 0. The summed E-state index contributed by atoms with van der Waals surface area (Å²) in [7, 11) is -10.0. The molecule has 0 amide bonds. The van der Waals surface area contributed by atoms with E-state index in [1.165, 1.54) is 19.3 Å². The van der Waals surface area contributed by atoms with Crippen LogP contribution in [-0.2, 0) is 65.4 Å². The normalized spacial score (nSPS) is 14.9. The molecular weight excluding hydrogens is 1450 g/mol. The number of hydrogen-bond acceptors (Lipinski definition) is 15. The largest absolute Gasteiger partial charge is 0.472 e. The van der Waals surface area contributed by atoms with E-state index in [2.05, 4.69) is 228 Å². The van der Waals surface area contributed by atoms with Crippen molar-refractivity contribution in [2.75, 3.05) is 39.6 Å². The number of phosphoric ester groups is 2. The molecule has 0 aromatic carbocycles. The molecule has 0 bridgehead atoms. The van der Waals surface area contributed by atoms with E-state index >= 15 is 0 Å². The first kappa shape index (κ1) is 105. The van der Waals surface area contributed by atoms with Gasteiger partial charge in [0, 0.05) is 25.7 Å². The van der Waals surface area contributed by atoms with E-state index in [0.29, 0.717) is 32.1 Å². The molecule has 0 aliphatic carbocycles. The Morgan fingerprint density at radius 3 is 0.777 bits per heavy atom. The number of esters is 4. The highest BCUT2D eigenvalue weighted by Gasteiger charge is 2.30. The molecule has 3 N–H and O–H groups in total. The van der Waals surface area contributed by atoms with Crippen LogP contribution in [0.2, 0.25) is 0 Å². The molecule has 0 aliphatic heterocycles. The summed E-state index contributed by atoms with van der Waals surface area (Å²) in [5, 5.41) is 10.7. The van der Waals surface area contributed by atoms with Crippen LogP contribution in [0.1, 0.15) is 285 Å². The smallest absolute Gasteiger partial charge is 0.462 e. The number of aliphatic hydroxyl groups excluding tert-OH is 1. The van der Waals surface area contributed by atoms with Gasteiger partial charge in [0.05, 0.1) is 26.4 Å². The van der Waals surface area contributed by atoms with Gasteiger partial charge in [-0.15, -0.1) is 0 Å². The van der Waals surface area contributed by atoms with Crippen molar-refractivity contribution in [3.8, 4) is 0 Å². The van der Waals surface area contributed by atoms with Crippen molar-refractivity contribution < 1.29 is 80.2 Å². The molecule has 0 aliphatic rings. The molecule has 0 saturated carbocycles. The third-order valence-corrected chi connectivity index (χ3v) is 18.3. The van der Waals surface area contributed by atoms with E-state index < -0.39 is 97.5 Å². The third kappa shape index (κ3) is 81.4. The average molecular weight is 1600 g/mol. The molecule has 0 radical (unpaired) electrons. The zero-order chi connectivity index (χ0) is 81.7. The van der Waals surface area contributed by atoms with Gasteiger partial charge in [0.1, 0.15) is 19.3 Å². The highest BCUT2D eigenvalue weighted by molar-refractivity contribution is 7.47. The van der Waals surface area contributed by atoms with Crippen molar-refractivity contribution in [2.24, 2.45) is 0 Å². The first-order valence-electron chi connectivity index (χ1n) is 42.0. The van der Waals surface area contributed by atoms with Crippen molar-refractivity contribution in [1.29, 1.82) is 0 Å². The van der Waals surface area contributed by atoms with Gasteiger partial charge in [-0.25, -0.2) is 9.13 Å². The van der Waals surface area contributed by atoms with E-state index in [4.69, 9.17) is 37.0 Å². The second kappa shape index (κ2) is 82.4. The molecule has 0 spiro atoms. The summed E-state index contributed by atoms with van der Waals surface area (Å²) >= 11 is 0. The number of aliphatic hydroxyl groups is 1. The highest BCUT2D eigenvalue weighted by Crippen LogP contribution is 2.45. The fourth-order valence-electron chi connectivity index (χ4n) is 10.2. The molecule has 19 heteroatoms. The van der Waals surface area contributed by atoms with E-state index in [-0.39, 0.29) is 25.7 Å². The van der Waals surface area contributed by atoms with Gasteiger partial charge in [-0.2, -0.15) is 0 Å². The van der Waals surface area contributed by atoms with Crippen LogP contribution in [-0.4, -0.2) is 96.7 Å². The Balaban J connectivity index is 5.56. The minimum Gasteiger partial charge on any atom is -0.462 e. The van der Waals surface area contributed by atoms with Gasteiger partial charge >= 0.3 is 39.5 Å². The third-order valence-electron chi connectivity index (χ3n) is 16.4. The second-order valence-corrected chi connectivity index (χ2v) is 29.8. The van der Waals surface area contributed by atoms with Gasteiger partial charge in [0.2, 0.25) is 0 Å². The summed E-state index contributed by atoms with van der Waals surface area (Å²) in [5.41, 5.74) is 0. The van der Waals surface area contributed by atoms with Gasteiger partial charge in [-0.3, -0.25) is 37.3 Å². The average Bonchev–Trinajstić information content (AvgIpc) is 0.898. The Hall–Kier alpha value is -6.62. The number of phosphoric acid groups is 2. The lowest BCUT2D eigenvalue weighted by Crippen LogP contribution is -2.30. The van der Waals surface area contributed by atoms with Crippen LogP contribution in [0, 0.1) is 0 Å². The lowest BCUT2D eigenvalue weighted by atomic mass is 10.1. The molecule has 0 fully saturated rings. The van der Waals surface area contributed by atoms with Crippen LogP contribution >= 0.6 is 15.6 Å². The Labute approximate surface area is 677 Å². The predicted molar refractivity (Wildman–Crippen MR) is 463 cm³/mol. The number of allylic oxidation sites excluding steroid dienone is 36. The van der Waals surface area contributed by atoms with Crippen molar-refractivity contribution in [3.05, 3.63) is 219 Å². The van der Waals surface area contributed by atoms with Crippen LogP contribution < -0.4 is 0 Å². The zero-order valence-electron chi connectivity index (χ0n) is 69.0. The van der Waals surface area contributed by atoms with Crippen LogP contribution in [0.25, 0.3) is 0 Å². The van der Waals surface area contributed by atoms with Crippen LogP contribution in [0.4, 0.5) is 0 Å². The number of hydrogen-bond donors (Lipinski definition) is 3. The number of ether oxygens (including phenoxy) is 4. The van der Waals surface area contributed by atoms with Gasteiger partial charge in [-0.05, 0) is 186 Å². The van der Waals surface area contributed by atoms with Crippen LogP contribution in [0.15, 0.2) is 219 Å². The lowest BCUT2D eigenvalue weighted by Gasteiger charge is -2.21. The van der Waals surface area contributed by atoms with Gasteiger partial charge in [-0.1, -0.05) is 291 Å². The SMILES string of the molecule is CC/C=C\C/C=C\C/C=C\C/C=C\C/C=C\C/C=C\CCC(=O)OCC(COP(=O)(O)OCC(O)COP(=O)(O)OCC(COC(=O)CCCCC/C=C\C/C=C\C/C=C\C/C=C\C/C=C\CC)OC(=O)CCCCC/C=C\C/C=C\C/C=C\C/C=C\C/C=C\CC)OC(=O)CCCCCCC/C=C\C/C=C\CCCCC. The van der Waals surface area contributed by atoms with Gasteiger partial charge in [0.15, 0.2) is 12.2 Å². The van der Waals surface area contributed by atoms with Crippen LogP contribution in [0.5, 0.6) is 0 Å². The monoisotopic (exact) mass is 1600 g/mol. The maximum absolute atomic E-state index is 13.1. The Morgan fingerprint density at radius 2 is 0.482 bits per heavy atom. The number of carbonyl (C=O) groups is 4. The van der Waals surface area contributed by atoms with E-state index in [1.54, 1.807) is 0 Å². The summed E-state index contributed by atoms with van der Waals surface area (Å²) in [6.45, 7) is 4.30. The van der Waals surface area contributed by atoms with Crippen LogP contribution in [0.3, 0.4) is 0 Å². The Bertz CT molecular complexity index is 2990. The maximum Gasteiger partial charge on any atom is 0.472 e. The van der Waals surface area contributed by atoms with Crippen molar-refractivity contribution >= 4 is 39.5 Å². The molecule has 0 rings (SSSR count). The molecular formula is C93H146O17P2. The molecule has 0 heterocycles. The minimum atomic E-state index is -5.02. The summed E-state index contributed by atoms with van der Waals surface area (Å²) in [6.07, 6.45) is 105. The number of unbranched alkanes of at least 4 members (excludes halogenated alkanes) is 14. The van der Waals surface area contributed by atoms with Gasteiger partial charge in [0.25, 0.3) is 0 Å². The lowest BCUT2D eigenvalue weighted by molar-refractivity contribution is -0.161. The van der Waals surface area contributed by atoms with E-state index in [1.807, 2.05) is 18.2 Å². The Morgan fingerprint density at radius 1 is 0.259 bits per heavy atom. The first-order chi connectivity index (χ1) is 54.7. The fourth-order valence-corrected chi connectivity index (χ4v) is 11.7. The van der Waals surface area contributed by atoms with E-state index in [0.717, 1.165) is 180 Å². The molecule has 0 saturated heterocycles. The Kier molecular flexibility index (Phi) is 77.5. The highest BCUT2D eigenvalue weighted by atomic mass is 31.2. The quantitative estimate of drug-likeness (QED) is 0.0169. The summed E-state index contributed by atoms with van der Waals surface area (Å²) < 4.78 is 68.6. The topological polar surface area (TPSA) is 237 Å². The molecule has 630 valence electrons. The molecule has 5 unspecified atom stereocenters. The summed E-state index contributed by atoms with van der Waals surface area (Å²) in [4.78, 5) is 73.2. The zero-order valence-corrected chi connectivity index (χ0v) is 70.8. The maximum atomic E-state index is 13.1. The standard InChI is InChI=1S/C93H146O17P2/c1-5-9-13-17-21-25-29-33-37-40-43-46-50-53-57-61-65-69-73-77-90(95)103-83-88(109-92(97)79-75-71-67-63-59-55-49-36-32-28-24-20-16-12-8-4)85-107-111(99,100)105-81-87(94)82-106-112(101,102)108-86-89(110-93(98)80-76-72-68-64-60-56-52-48-45-42-39-35-31-27-23-19-15-11-7-3)84-104-91(96)78-74-70-66-62-58-54-51-47-44-41-38-34-30-26-22-18-14-10-6-2/h9-11,13-15,21-28,33-39,43-49,53-54,56-58,60,65,69,87-89,94H,5-8,12,16-20,29-32,40-42,50-52,55,59,61-64,66-68,70-86H2,1-4H3,(H,99,100)(H,101,102)/b13-9-,14-10-,15-11-,25-21-,26-22-,27-23-,28-24-,37-33-,38-34-,39-35-,46-43-,47-44-,48-45-,49-36-,57-53-,58-54-,60-56-,69-65-. The van der Waals surface area contributed by atoms with Crippen molar-refractivity contribution in [2.45, 2.75) is 303 Å². The fraction of sp³-hybridized carbons (Fsp3) is 0.570.